The van der Waals surface area contributed by atoms with Crippen LogP contribution in [-0.2, 0) is 9.59 Å². The molecule has 2 aliphatic heterocycles. The van der Waals surface area contributed by atoms with Gasteiger partial charge < -0.3 is 15.1 Å². The van der Waals surface area contributed by atoms with E-state index in [4.69, 9.17) is 0 Å². The van der Waals surface area contributed by atoms with E-state index < -0.39 is 0 Å². The van der Waals surface area contributed by atoms with Crippen molar-refractivity contribution in [3.8, 4) is 0 Å². The minimum atomic E-state index is -0.149. The molecule has 2 atom stereocenters. The lowest BCUT2D eigenvalue weighted by atomic mass is 9.67. The molecule has 5 heteroatoms. The molecule has 2 amide bonds. The van der Waals surface area contributed by atoms with Crippen LogP contribution in [0.3, 0.4) is 0 Å². The fourth-order valence-corrected chi connectivity index (χ4v) is 4.86. The average Bonchev–Trinajstić information content (AvgIpc) is 3.05. The highest BCUT2D eigenvalue weighted by molar-refractivity contribution is 5.85. The quantitative estimate of drug-likeness (QED) is 0.857. The van der Waals surface area contributed by atoms with Crippen molar-refractivity contribution in [2.75, 3.05) is 33.2 Å². The van der Waals surface area contributed by atoms with Gasteiger partial charge in [0.05, 0.1) is 5.41 Å². The zero-order valence-corrected chi connectivity index (χ0v) is 15.5. The zero-order valence-electron chi connectivity index (χ0n) is 15.5. The number of carbonyl (C=O) groups is 2. The molecule has 24 heavy (non-hydrogen) atoms. The Morgan fingerprint density at radius 3 is 2.54 bits per heavy atom. The van der Waals surface area contributed by atoms with Crippen LogP contribution in [0.25, 0.3) is 0 Å². The van der Waals surface area contributed by atoms with E-state index in [1.807, 2.05) is 25.8 Å². The van der Waals surface area contributed by atoms with E-state index in [1.165, 1.54) is 19.3 Å². The monoisotopic (exact) mass is 335 g/mol. The van der Waals surface area contributed by atoms with E-state index in [1.54, 1.807) is 0 Å². The van der Waals surface area contributed by atoms with Gasteiger partial charge in [-0.05, 0) is 52.0 Å². The maximum atomic E-state index is 13.3. The predicted octanol–water partition coefficient (Wildman–Crippen LogP) is 1.87. The molecule has 0 spiro atoms. The fraction of sp³-hybridized carbons (Fsp3) is 0.895. The molecule has 2 heterocycles. The molecule has 1 saturated carbocycles. The summed E-state index contributed by atoms with van der Waals surface area (Å²) in [6.45, 7) is 7.44. The van der Waals surface area contributed by atoms with Crippen molar-refractivity contribution in [3.63, 3.8) is 0 Å². The van der Waals surface area contributed by atoms with Gasteiger partial charge in [0.2, 0.25) is 11.8 Å². The number of carbonyl (C=O) groups excluding carboxylic acids is 2. The van der Waals surface area contributed by atoms with Gasteiger partial charge in [-0.3, -0.25) is 9.59 Å². The Morgan fingerprint density at radius 1 is 1.17 bits per heavy atom. The standard InChI is InChI=1S/C19H33N3O2/c1-14(2)21(3)17(23)15-7-10-22(11-8-15)18(24)19-9-5-4-6-16(19)12-20-13-19/h14-16,20H,4-13H2,1-3H3/t16-,19+/m0/s1. The molecule has 3 aliphatic rings. The third-order valence-corrected chi connectivity index (χ3v) is 6.72. The van der Waals surface area contributed by atoms with Crippen LogP contribution < -0.4 is 5.32 Å². The number of rotatable bonds is 3. The van der Waals surface area contributed by atoms with Crippen LogP contribution in [-0.4, -0.2) is 60.9 Å². The molecule has 0 bridgehead atoms. The van der Waals surface area contributed by atoms with E-state index in [-0.39, 0.29) is 23.3 Å². The Bertz CT molecular complexity index is 485. The summed E-state index contributed by atoms with van der Waals surface area (Å²) in [5.41, 5.74) is -0.149. The minimum Gasteiger partial charge on any atom is -0.343 e. The summed E-state index contributed by atoms with van der Waals surface area (Å²) in [5.74, 6) is 1.21. The number of hydrogen-bond donors (Lipinski definition) is 1. The first kappa shape index (κ1) is 17.7. The van der Waals surface area contributed by atoms with Crippen molar-refractivity contribution in [2.45, 2.75) is 58.4 Å². The number of hydrogen-bond acceptors (Lipinski definition) is 3. The molecular weight excluding hydrogens is 302 g/mol. The summed E-state index contributed by atoms with van der Waals surface area (Å²) >= 11 is 0. The minimum absolute atomic E-state index is 0.0859. The van der Waals surface area contributed by atoms with Crippen LogP contribution in [0.15, 0.2) is 0 Å². The maximum absolute atomic E-state index is 13.3. The molecule has 3 rings (SSSR count). The van der Waals surface area contributed by atoms with Gasteiger partial charge in [-0.2, -0.15) is 0 Å². The summed E-state index contributed by atoms with van der Waals surface area (Å²) in [6, 6.07) is 0.239. The molecule has 0 aromatic heterocycles. The molecule has 0 unspecified atom stereocenters. The van der Waals surface area contributed by atoms with Gasteiger partial charge in [-0.1, -0.05) is 12.8 Å². The first-order valence-corrected chi connectivity index (χ1v) is 9.72. The molecular formula is C19H33N3O2. The molecule has 3 fully saturated rings. The highest BCUT2D eigenvalue weighted by Gasteiger charge is 2.51. The summed E-state index contributed by atoms with van der Waals surface area (Å²) < 4.78 is 0. The SMILES string of the molecule is CC(C)N(C)C(=O)C1CCN(C(=O)[C@@]23CCCC[C@H]2CNC3)CC1. The number of nitrogens with zero attached hydrogens (tertiary/aromatic N) is 2. The van der Waals surface area contributed by atoms with E-state index in [2.05, 4.69) is 10.2 Å². The van der Waals surface area contributed by atoms with Crippen LogP contribution in [0.4, 0.5) is 0 Å². The van der Waals surface area contributed by atoms with E-state index >= 15 is 0 Å². The van der Waals surface area contributed by atoms with Crippen LogP contribution >= 0.6 is 0 Å². The predicted molar refractivity (Wildman–Crippen MR) is 94.5 cm³/mol. The third-order valence-electron chi connectivity index (χ3n) is 6.72. The summed E-state index contributed by atoms with van der Waals surface area (Å²) in [6.07, 6.45) is 6.30. The van der Waals surface area contributed by atoms with Gasteiger partial charge in [0.25, 0.3) is 0 Å². The highest BCUT2D eigenvalue weighted by atomic mass is 16.2. The fourth-order valence-electron chi connectivity index (χ4n) is 4.86. The Morgan fingerprint density at radius 2 is 1.88 bits per heavy atom. The first-order valence-electron chi connectivity index (χ1n) is 9.72. The number of likely N-dealkylation sites (tertiary alicyclic amines) is 1. The third kappa shape index (κ3) is 3.07. The van der Waals surface area contributed by atoms with Crippen LogP contribution in [0.1, 0.15) is 52.4 Å². The van der Waals surface area contributed by atoms with Crippen molar-refractivity contribution < 1.29 is 9.59 Å². The van der Waals surface area contributed by atoms with Gasteiger partial charge in [-0.15, -0.1) is 0 Å². The van der Waals surface area contributed by atoms with Gasteiger partial charge in [0, 0.05) is 38.6 Å². The number of amides is 2. The molecule has 0 aromatic carbocycles. The van der Waals surface area contributed by atoms with Crippen molar-refractivity contribution >= 4 is 11.8 Å². The van der Waals surface area contributed by atoms with Crippen molar-refractivity contribution in [1.29, 1.82) is 0 Å². The number of nitrogens with one attached hydrogen (secondary N) is 1. The van der Waals surface area contributed by atoms with E-state index in [0.29, 0.717) is 11.8 Å². The van der Waals surface area contributed by atoms with Gasteiger partial charge in [0.15, 0.2) is 0 Å². The van der Waals surface area contributed by atoms with Crippen molar-refractivity contribution in [3.05, 3.63) is 0 Å². The van der Waals surface area contributed by atoms with Crippen LogP contribution in [0, 0.1) is 17.3 Å². The summed E-state index contributed by atoms with van der Waals surface area (Å²) in [7, 11) is 1.89. The van der Waals surface area contributed by atoms with Crippen molar-refractivity contribution in [2.24, 2.45) is 17.3 Å². The summed E-state index contributed by atoms with van der Waals surface area (Å²) in [5, 5.41) is 3.47. The van der Waals surface area contributed by atoms with E-state index in [9.17, 15) is 9.59 Å². The van der Waals surface area contributed by atoms with Gasteiger partial charge in [-0.25, -0.2) is 0 Å². The average molecular weight is 335 g/mol. The largest absolute Gasteiger partial charge is 0.343 e. The zero-order chi connectivity index (χ0) is 17.3. The number of fused-ring (bicyclic) bond motifs is 1. The topological polar surface area (TPSA) is 52.7 Å². The molecule has 5 nitrogen and oxygen atoms in total. The molecule has 1 N–H and O–H groups in total. The summed E-state index contributed by atoms with van der Waals surface area (Å²) in [4.78, 5) is 29.7. The lowest BCUT2D eigenvalue weighted by Crippen LogP contribution is -2.53. The van der Waals surface area contributed by atoms with E-state index in [0.717, 1.165) is 45.4 Å². The second kappa shape index (κ2) is 7.03. The molecule has 0 aromatic rings. The Hall–Kier alpha value is -1.10. The Kier molecular flexibility index (Phi) is 5.19. The lowest BCUT2D eigenvalue weighted by molar-refractivity contribution is -0.149. The second-order valence-corrected chi connectivity index (χ2v) is 8.34. The lowest BCUT2D eigenvalue weighted by Gasteiger charge is -2.43. The number of piperidine rings is 1. The second-order valence-electron chi connectivity index (χ2n) is 8.34. The molecule has 136 valence electrons. The first-order chi connectivity index (χ1) is 11.5. The van der Waals surface area contributed by atoms with Crippen LogP contribution in [0.5, 0.6) is 0 Å². The normalized spacial score (nSPS) is 31.2. The molecule has 1 aliphatic carbocycles. The molecule has 0 radical (unpaired) electrons. The molecule has 2 saturated heterocycles. The van der Waals surface area contributed by atoms with Crippen LogP contribution in [0.2, 0.25) is 0 Å². The van der Waals surface area contributed by atoms with Crippen molar-refractivity contribution in [1.82, 2.24) is 15.1 Å². The van der Waals surface area contributed by atoms with Gasteiger partial charge >= 0.3 is 0 Å². The van der Waals surface area contributed by atoms with Gasteiger partial charge in [0.1, 0.15) is 0 Å². The smallest absolute Gasteiger partial charge is 0.230 e. The Labute approximate surface area is 146 Å². The highest BCUT2D eigenvalue weighted by Crippen LogP contribution is 2.45. The maximum Gasteiger partial charge on any atom is 0.230 e. The Balaban J connectivity index is 1.60.